The van der Waals surface area contributed by atoms with Crippen molar-refractivity contribution in [3.63, 3.8) is 0 Å². The summed E-state index contributed by atoms with van der Waals surface area (Å²) in [6, 6.07) is 13.9. The first-order valence-corrected chi connectivity index (χ1v) is 13.2. The van der Waals surface area contributed by atoms with Gasteiger partial charge in [0.05, 0.1) is 30.5 Å². The van der Waals surface area contributed by atoms with E-state index in [1.54, 1.807) is 6.07 Å². The maximum atomic E-state index is 13.1. The molecule has 0 spiro atoms. The highest BCUT2D eigenvalue weighted by Gasteiger charge is 2.32. The van der Waals surface area contributed by atoms with Crippen LogP contribution in [0.25, 0.3) is 22.2 Å². The molecule has 2 aliphatic heterocycles. The van der Waals surface area contributed by atoms with Crippen LogP contribution < -0.4 is 5.32 Å². The molecule has 3 aliphatic rings. The molecule has 0 radical (unpaired) electrons. The number of carbonyl (C=O) groups excluding carboxylic acids is 1. The predicted molar refractivity (Wildman–Crippen MR) is 139 cm³/mol. The maximum Gasteiger partial charge on any atom is 0.335 e. The van der Waals surface area contributed by atoms with E-state index in [1.165, 1.54) is 41.6 Å². The first-order valence-electron chi connectivity index (χ1n) is 13.2. The van der Waals surface area contributed by atoms with Gasteiger partial charge < -0.3 is 24.6 Å². The monoisotopic (exact) mass is 487 g/mol. The first kappa shape index (κ1) is 23.1. The average Bonchev–Trinajstić information content (AvgIpc) is 3.13. The fourth-order valence-corrected chi connectivity index (χ4v) is 6.40. The molecule has 0 bridgehead atoms. The van der Waals surface area contributed by atoms with Crippen molar-refractivity contribution >= 4 is 22.9 Å². The number of nitrogens with one attached hydrogen (secondary N) is 1. The molecule has 1 unspecified atom stereocenters. The van der Waals surface area contributed by atoms with E-state index in [2.05, 4.69) is 34.1 Å². The van der Waals surface area contributed by atoms with E-state index in [9.17, 15) is 14.7 Å². The number of nitrogens with zero attached hydrogens (tertiary/aromatic N) is 2. The van der Waals surface area contributed by atoms with Crippen LogP contribution in [0.5, 0.6) is 0 Å². The quantitative estimate of drug-likeness (QED) is 0.543. The Morgan fingerprint density at radius 1 is 1.00 bits per heavy atom. The van der Waals surface area contributed by atoms with Gasteiger partial charge in [-0.05, 0) is 48.4 Å². The van der Waals surface area contributed by atoms with Crippen LogP contribution in [0.15, 0.2) is 42.5 Å². The minimum atomic E-state index is -0.919. The van der Waals surface area contributed by atoms with Crippen molar-refractivity contribution in [1.29, 1.82) is 0 Å². The summed E-state index contributed by atoms with van der Waals surface area (Å²) in [5.74, 6) is -0.460. The van der Waals surface area contributed by atoms with Crippen molar-refractivity contribution in [3.05, 3.63) is 59.2 Å². The number of aromatic carboxylic acids is 1. The van der Waals surface area contributed by atoms with Crippen LogP contribution in [0.2, 0.25) is 0 Å². The van der Waals surface area contributed by atoms with E-state index in [0.717, 1.165) is 30.2 Å². The summed E-state index contributed by atoms with van der Waals surface area (Å²) in [6.07, 6.45) is 6.78. The lowest BCUT2D eigenvalue weighted by molar-refractivity contribution is 0.0524. The summed E-state index contributed by atoms with van der Waals surface area (Å²) in [5, 5.41) is 14.2. The molecule has 6 rings (SSSR count). The summed E-state index contributed by atoms with van der Waals surface area (Å²) in [4.78, 5) is 26.8. The summed E-state index contributed by atoms with van der Waals surface area (Å²) in [6.45, 7) is 2.93. The van der Waals surface area contributed by atoms with Crippen LogP contribution in [0, 0.1) is 0 Å². The lowest BCUT2D eigenvalue weighted by Crippen LogP contribution is -2.50. The van der Waals surface area contributed by atoms with Gasteiger partial charge in [0.1, 0.15) is 0 Å². The number of carboxylic acid groups (broad SMARTS) is 1. The number of amides is 2. The van der Waals surface area contributed by atoms with Crippen molar-refractivity contribution in [2.75, 3.05) is 26.3 Å². The molecule has 2 N–H and O–H groups in total. The van der Waals surface area contributed by atoms with Crippen molar-refractivity contribution in [3.8, 4) is 11.3 Å². The van der Waals surface area contributed by atoms with Crippen LogP contribution in [-0.4, -0.2) is 58.9 Å². The fraction of sp³-hybridized carbons (Fsp3) is 0.448. The number of morpholine rings is 1. The smallest absolute Gasteiger partial charge is 0.335 e. The molecule has 2 aromatic carbocycles. The van der Waals surface area contributed by atoms with Gasteiger partial charge in [-0.2, -0.15) is 0 Å². The molecule has 2 amide bonds. The number of ether oxygens (including phenoxy) is 1. The number of aromatic nitrogens is 1. The van der Waals surface area contributed by atoms with Gasteiger partial charge in [0.15, 0.2) is 0 Å². The van der Waals surface area contributed by atoms with Gasteiger partial charge in [0.2, 0.25) is 0 Å². The number of benzene rings is 2. The van der Waals surface area contributed by atoms with Crippen LogP contribution in [-0.2, 0) is 17.7 Å². The van der Waals surface area contributed by atoms with Crippen LogP contribution in [0.4, 0.5) is 4.79 Å². The van der Waals surface area contributed by atoms with Crippen molar-refractivity contribution in [2.24, 2.45) is 0 Å². The molecule has 3 heterocycles. The van der Waals surface area contributed by atoms with Gasteiger partial charge in [-0.1, -0.05) is 49.6 Å². The number of fused-ring (bicyclic) bond motifs is 5. The summed E-state index contributed by atoms with van der Waals surface area (Å²) in [5.41, 5.74) is 6.24. The molecule has 1 aliphatic carbocycles. The highest BCUT2D eigenvalue weighted by atomic mass is 16.5. The largest absolute Gasteiger partial charge is 0.478 e. The van der Waals surface area contributed by atoms with Crippen LogP contribution >= 0.6 is 0 Å². The summed E-state index contributed by atoms with van der Waals surface area (Å²) >= 11 is 0. The lowest BCUT2D eigenvalue weighted by Gasteiger charge is -2.29. The van der Waals surface area contributed by atoms with E-state index in [0.29, 0.717) is 44.3 Å². The molecular weight excluding hydrogens is 454 g/mol. The molecule has 3 aromatic rings. The van der Waals surface area contributed by atoms with E-state index < -0.39 is 5.97 Å². The number of carboxylic acids is 1. The molecule has 1 saturated heterocycles. The third-order valence-corrected chi connectivity index (χ3v) is 8.13. The second-order valence-corrected chi connectivity index (χ2v) is 10.4. The third-order valence-electron chi connectivity index (χ3n) is 8.13. The zero-order valence-electron chi connectivity index (χ0n) is 20.5. The normalized spacial score (nSPS) is 20.4. The molecule has 7 nitrogen and oxygen atoms in total. The van der Waals surface area contributed by atoms with E-state index in [1.807, 2.05) is 17.0 Å². The Morgan fingerprint density at radius 2 is 1.78 bits per heavy atom. The molecule has 36 heavy (non-hydrogen) atoms. The standard InChI is InChI=1S/C29H33N3O4/c33-28(34)21-10-11-24-25(17-21)32-18-22(30-29(35)31-12-14-36-15-13-31)16-20-8-4-5-9-23(20)27(32)26(24)19-6-2-1-3-7-19/h4-5,8-11,17,19,22H,1-3,6-7,12-16,18H2,(H,30,35)(H,33,34). The second kappa shape index (κ2) is 9.62. The van der Waals surface area contributed by atoms with Gasteiger partial charge in [0.25, 0.3) is 0 Å². The minimum Gasteiger partial charge on any atom is -0.478 e. The zero-order chi connectivity index (χ0) is 24.6. The molecule has 1 atom stereocenters. The highest BCUT2D eigenvalue weighted by Crippen LogP contribution is 2.46. The van der Waals surface area contributed by atoms with Gasteiger partial charge in [-0.3, -0.25) is 0 Å². The SMILES string of the molecule is O=C(O)c1ccc2c(C3CCCCC3)c3n(c2c1)CC(NC(=O)N1CCOCC1)Cc1ccccc1-3. The Balaban J connectivity index is 1.49. The Bertz CT molecular complexity index is 1300. The Morgan fingerprint density at radius 3 is 2.56 bits per heavy atom. The summed E-state index contributed by atoms with van der Waals surface area (Å²) in [7, 11) is 0. The molecule has 1 aromatic heterocycles. The number of hydrogen-bond acceptors (Lipinski definition) is 3. The maximum absolute atomic E-state index is 13.1. The Labute approximate surface area is 211 Å². The predicted octanol–water partition coefficient (Wildman–Crippen LogP) is 5.02. The molecular formula is C29H33N3O4. The van der Waals surface area contributed by atoms with Gasteiger partial charge in [-0.15, -0.1) is 0 Å². The van der Waals surface area contributed by atoms with Gasteiger partial charge >= 0.3 is 12.0 Å². The van der Waals surface area contributed by atoms with E-state index in [-0.39, 0.29) is 12.1 Å². The fourth-order valence-electron chi connectivity index (χ4n) is 6.40. The van der Waals surface area contributed by atoms with Crippen molar-refractivity contribution < 1.29 is 19.4 Å². The second-order valence-electron chi connectivity index (χ2n) is 10.4. The molecule has 1 saturated carbocycles. The van der Waals surface area contributed by atoms with Crippen molar-refractivity contribution in [1.82, 2.24) is 14.8 Å². The lowest BCUT2D eigenvalue weighted by atomic mass is 9.81. The zero-order valence-corrected chi connectivity index (χ0v) is 20.5. The highest BCUT2D eigenvalue weighted by molar-refractivity contribution is 5.98. The van der Waals surface area contributed by atoms with Crippen LogP contribution in [0.3, 0.4) is 0 Å². The molecule has 2 fully saturated rings. The Hall–Kier alpha value is -3.32. The van der Waals surface area contributed by atoms with E-state index >= 15 is 0 Å². The van der Waals surface area contributed by atoms with Gasteiger partial charge in [-0.25, -0.2) is 9.59 Å². The number of rotatable bonds is 3. The number of urea groups is 1. The van der Waals surface area contributed by atoms with Gasteiger partial charge in [0, 0.05) is 36.1 Å². The van der Waals surface area contributed by atoms with Crippen LogP contribution in [0.1, 0.15) is 59.5 Å². The molecule has 188 valence electrons. The van der Waals surface area contributed by atoms with Crippen molar-refractivity contribution in [2.45, 2.75) is 57.0 Å². The third kappa shape index (κ3) is 4.15. The summed E-state index contributed by atoms with van der Waals surface area (Å²) < 4.78 is 7.71. The average molecular weight is 488 g/mol. The minimum absolute atomic E-state index is 0.0561. The topological polar surface area (TPSA) is 83.8 Å². The van der Waals surface area contributed by atoms with E-state index in [4.69, 9.17) is 4.74 Å². The first-order chi connectivity index (χ1) is 17.6. The molecule has 7 heteroatoms. The number of carbonyl (C=O) groups is 2. The Kier molecular flexibility index (Phi) is 6.17. The number of hydrogen-bond donors (Lipinski definition) is 2.